The molecule has 0 fully saturated rings. The lowest BCUT2D eigenvalue weighted by Crippen LogP contribution is -2.10. The third kappa shape index (κ3) is 2.97. The van der Waals surface area contributed by atoms with Gasteiger partial charge < -0.3 is 9.72 Å². The van der Waals surface area contributed by atoms with Crippen LogP contribution in [0.15, 0.2) is 42.5 Å². The van der Waals surface area contributed by atoms with Crippen LogP contribution in [0.5, 0.6) is 0 Å². The Morgan fingerprint density at radius 1 is 1.09 bits per heavy atom. The van der Waals surface area contributed by atoms with E-state index in [0.29, 0.717) is 5.56 Å². The number of hydrogen-bond donors (Lipinski definition) is 1. The molecule has 0 saturated heterocycles. The van der Waals surface area contributed by atoms with Gasteiger partial charge in [-0.1, -0.05) is 45.0 Å². The first-order chi connectivity index (χ1) is 10.9. The number of benzene rings is 2. The molecule has 0 aliphatic carbocycles. The first kappa shape index (κ1) is 15.3. The molecular formula is C19H20N2O2. The van der Waals surface area contributed by atoms with E-state index in [-0.39, 0.29) is 11.4 Å². The summed E-state index contributed by atoms with van der Waals surface area (Å²) in [4.78, 5) is 19.5. The topological polar surface area (TPSA) is 55.0 Å². The molecule has 0 amide bonds. The molecule has 1 aromatic heterocycles. The molecule has 0 aliphatic heterocycles. The number of methoxy groups -OCH3 is 1. The molecule has 4 nitrogen and oxygen atoms in total. The Hall–Kier alpha value is -2.62. The van der Waals surface area contributed by atoms with Gasteiger partial charge >= 0.3 is 5.97 Å². The van der Waals surface area contributed by atoms with Crippen molar-refractivity contribution in [3.63, 3.8) is 0 Å². The number of imidazole rings is 1. The van der Waals surface area contributed by atoms with Gasteiger partial charge in [-0.25, -0.2) is 9.78 Å². The normalized spacial score (nSPS) is 11.7. The van der Waals surface area contributed by atoms with Gasteiger partial charge in [0.05, 0.1) is 23.7 Å². The van der Waals surface area contributed by atoms with Crippen LogP contribution in [0.1, 0.15) is 36.7 Å². The number of rotatable bonds is 2. The smallest absolute Gasteiger partial charge is 0.337 e. The van der Waals surface area contributed by atoms with Gasteiger partial charge in [-0.15, -0.1) is 0 Å². The molecule has 1 heterocycles. The average molecular weight is 308 g/mol. The van der Waals surface area contributed by atoms with Gasteiger partial charge in [0.15, 0.2) is 0 Å². The van der Waals surface area contributed by atoms with Gasteiger partial charge in [-0.3, -0.25) is 0 Å². The second-order valence-electron chi connectivity index (χ2n) is 6.64. The van der Waals surface area contributed by atoms with Crippen LogP contribution in [0.2, 0.25) is 0 Å². The predicted molar refractivity (Wildman–Crippen MR) is 91.6 cm³/mol. The van der Waals surface area contributed by atoms with E-state index in [1.54, 1.807) is 12.1 Å². The Kier molecular flexibility index (Phi) is 3.68. The molecule has 0 bridgehead atoms. The van der Waals surface area contributed by atoms with E-state index in [4.69, 9.17) is 4.74 Å². The summed E-state index contributed by atoms with van der Waals surface area (Å²) < 4.78 is 4.75. The Balaban J connectivity index is 1.98. The Morgan fingerprint density at radius 3 is 2.39 bits per heavy atom. The minimum Gasteiger partial charge on any atom is -0.465 e. The van der Waals surface area contributed by atoms with Gasteiger partial charge in [0.25, 0.3) is 0 Å². The van der Waals surface area contributed by atoms with Crippen molar-refractivity contribution in [2.24, 2.45) is 0 Å². The van der Waals surface area contributed by atoms with Crippen molar-refractivity contribution in [1.29, 1.82) is 0 Å². The second-order valence-corrected chi connectivity index (χ2v) is 6.64. The molecule has 0 atom stereocenters. The second kappa shape index (κ2) is 5.54. The van der Waals surface area contributed by atoms with Crippen molar-refractivity contribution in [3.05, 3.63) is 53.6 Å². The minimum atomic E-state index is -0.349. The summed E-state index contributed by atoms with van der Waals surface area (Å²) in [6, 6.07) is 13.7. The summed E-state index contributed by atoms with van der Waals surface area (Å²) in [6.07, 6.45) is 0. The van der Waals surface area contributed by atoms with Crippen LogP contribution in [0, 0.1) is 0 Å². The monoisotopic (exact) mass is 308 g/mol. The average Bonchev–Trinajstić information content (AvgIpc) is 2.96. The Morgan fingerprint density at radius 2 is 1.78 bits per heavy atom. The third-order valence-electron chi connectivity index (χ3n) is 3.93. The number of hydrogen-bond acceptors (Lipinski definition) is 3. The SMILES string of the molecule is COC(=O)c1ccc2nc(-c3ccc(C(C)(C)C)cc3)[nH]c2c1. The fourth-order valence-electron chi connectivity index (χ4n) is 2.52. The zero-order chi connectivity index (χ0) is 16.6. The van der Waals surface area contributed by atoms with Gasteiger partial charge in [0, 0.05) is 5.56 Å². The summed E-state index contributed by atoms with van der Waals surface area (Å²) in [5.74, 6) is 0.444. The van der Waals surface area contributed by atoms with Crippen LogP contribution < -0.4 is 0 Å². The lowest BCUT2D eigenvalue weighted by atomic mass is 9.87. The fraction of sp³-hybridized carbons (Fsp3) is 0.263. The quantitative estimate of drug-likeness (QED) is 0.718. The van der Waals surface area contributed by atoms with E-state index in [9.17, 15) is 4.79 Å². The number of carbonyl (C=O) groups is 1. The zero-order valence-corrected chi connectivity index (χ0v) is 13.8. The number of nitrogens with zero attached hydrogens (tertiary/aromatic N) is 1. The fourth-order valence-corrected chi connectivity index (χ4v) is 2.52. The molecular weight excluding hydrogens is 288 g/mol. The molecule has 0 saturated carbocycles. The van der Waals surface area contributed by atoms with Gasteiger partial charge in [-0.2, -0.15) is 0 Å². The van der Waals surface area contributed by atoms with Crippen LogP contribution in [-0.4, -0.2) is 23.0 Å². The third-order valence-corrected chi connectivity index (χ3v) is 3.93. The number of aromatic amines is 1. The number of fused-ring (bicyclic) bond motifs is 1. The summed E-state index contributed by atoms with van der Waals surface area (Å²) in [5, 5.41) is 0. The van der Waals surface area contributed by atoms with Crippen molar-refractivity contribution >= 4 is 17.0 Å². The van der Waals surface area contributed by atoms with Gasteiger partial charge in [0.1, 0.15) is 5.82 Å². The number of aromatic nitrogens is 2. The molecule has 0 unspecified atom stereocenters. The number of H-pyrrole nitrogens is 1. The van der Waals surface area contributed by atoms with Gasteiger partial charge in [-0.05, 0) is 29.2 Å². The first-order valence-electron chi connectivity index (χ1n) is 7.57. The minimum absolute atomic E-state index is 0.127. The molecule has 0 aliphatic rings. The molecule has 0 radical (unpaired) electrons. The van der Waals surface area contributed by atoms with E-state index >= 15 is 0 Å². The summed E-state index contributed by atoms with van der Waals surface area (Å²) in [5.41, 5.74) is 4.59. The highest BCUT2D eigenvalue weighted by Gasteiger charge is 2.14. The van der Waals surface area contributed by atoms with Gasteiger partial charge in [0.2, 0.25) is 0 Å². The van der Waals surface area contributed by atoms with Crippen LogP contribution in [0.3, 0.4) is 0 Å². The Bertz CT molecular complexity index is 855. The molecule has 1 N–H and O–H groups in total. The van der Waals surface area contributed by atoms with E-state index in [1.807, 2.05) is 6.07 Å². The van der Waals surface area contributed by atoms with Crippen molar-refractivity contribution in [2.45, 2.75) is 26.2 Å². The number of nitrogens with one attached hydrogen (secondary N) is 1. The molecule has 118 valence electrons. The summed E-state index contributed by atoms with van der Waals surface area (Å²) in [7, 11) is 1.38. The highest BCUT2D eigenvalue weighted by Crippen LogP contribution is 2.26. The van der Waals surface area contributed by atoms with Crippen molar-refractivity contribution < 1.29 is 9.53 Å². The maximum Gasteiger partial charge on any atom is 0.337 e. The Labute approximate surface area is 135 Å². The number of esters is 1. The highest BCUT2D eigenvalue weighted by molar-refractivity contribution is 5.94. The summed E-state index contributed by atoms with van der Waals surface area (Å²) >= 11 is 0. The van der Waals surface area contributed by atoms with E-state index in [2.05, 4.69) is 55.0 Å². The standard InChI is InChI=1S/C19H20N2O2/c1-19(2,3)14-8-5-12(6-9-14)17-20-15-10-7-13(18(22)23-4)11-16(15)21-17/h5-11H,1-4H3,(H,20,21). The molecule has 4 heteroatoms. The lowest BCUT2D eigenvalue weighted by Gasteiger charge is -2.18. The van der Waals surface area contributed by atoms with Crippen molar-refractivity contribution in [2.75, 3.05) is 7.11 Å². The van der Waals surface area contributed by atoms with Crippen LogP contribution in [0.25, 0.3) is 22.4 Å². The largest absolute Gasteiger partial charge is 0.465 e. The molecule has 3 rings (SSSR count). The first-order valence-corrected chi connectivity index (χ1v) is 7.57. The van der Waals surface area contributed by atoms with Crippen LogP contribution >= 0.6 is 0 Å². The molecule has 2 aromatic carbocycles. The summed E-state index contributed by atoms with van der Waals surface area (Å²) in [6.45, 7) is 6.58. The number of carbonyl (C=O) groups excluding carboxylic acids is 1. The zero-order valence-electron chi connectivity index (χ0n) is 13.8. The maximum atomic E-state index is 11.6. The predicted octanol–water partition coefficient (Wildman–Crippen LogP) is 4.31. The highest BCUT2D eigenvalue weighted by atomic mass is 16.5. The van der Waals surface area contributed by atoms with Crippen molar-refractivity contribution in [1.82, 2.24) is 9.97 Å². The van der Waals surface area contributed by atoms with E-state index < -0.39 is 0 Å². The molecule has 0 spiro atoms. The number of ether oxygens (including phenoxy) is 1. The van der Waals surface area contributed by atoms with Crippen LogP contribution in [0.4, 0.5) is 0 Å². The lowest BCUT2D eigenvalue weighted by molar-refractivity contribution is 0.0601. The maximum absolute atomic E-state index is 11.6. The molecule has 23 heavy (non-hydrogen) atoms. The van der Waals surface area contributed by atoms with Crippen molar-refractivity contribution in [3.8, 4) is 11.4 Å². The van der Waals surface area contributed by atoms with E-state index in [1.165, 1.54) is 12.7 Å². The van der Waals surface area contributed by atoms with E-state index in [0.717, 1.165) is 22.4 Å². The van der Waals surface area contributed by atoms with Crippen LogP contribution in [-0.2, 0) is 10.2 Å². The molecule has 3 aromatic rings.